The van der Waals surface area contributed by atoms with Gasteiger partial charge in [0.1, 0.15) is 5.82 Å². The van der Waals surface area contributed by atoms with Crippen LogP contribution in [0, 0.1) is 5.82 Å². The van der Waals surface area contributed by atoms with Crippen LogP contribution in [0.1, 0.15) is 31.1 Å². The summed E-state index contributed by atoms with van der Waals surface area (Å²) in [6, 6.07) is 6.03. The maximum atomic E-state index is 13.2. The van der Waals surface area contributed by atoms with Crippen LogP contribution in [0.3, 0.4) is 0 Å². The van der Waals surface area contributed by atoms with Gasteiger partial charge >= 0.3 is 0 Å². The van der Waals surface area contributed by atoms with Crippen LogP contribution in [0.2, 0.25) is 0 Å². The maximum Gasteiger partial charge on any atom is 0.179 e. The molecule has 0 fully saturated rings. The first kappa shape index (κ1) is 11.9. The lowest BCUT2D eigenvalue weighted by molar-refractivity contribution is 0.0978. The zero-order valence-corrected chi connectivity index (χ0v) is 9.30. The normalized spacial score (nSPS) is 11.5. The number of hydrogen-bond donors (Lipinski definition) is 1. The first-order chi connectivity index (χ1) is 6.90. The minimum Gasteiger partial charge on any atom is -0.305 e. The van der Waals surface area contributed by atoms with E-state index in [1.165, 1.54) is 12.1 Å². The standard InChI is InChI=1S/C12H16FNO/c1-12(2,3)14-8-11(15)9-6-4-5-7-10(9)13/h4-7,14H,8H2,1-3H3. The number of Topliss-reactive ketones (excluding diaryl/α,β-unsaturated/α-hetero) is 1. The Morgan fingerprint density at radius 1 is 1.33 bits per heavy atom. The second kappa shape index (κ2) is 4.53. The average molecular weight is 209 g/mol. The van der Waals surface area contributed by atoms with E-state index in [0.717, 1.165) is 0 Å². The Bertz CT molecular complexity index is 355. The predicted molar refractivity (Wildman–Crippen MR) is 58.5 cm³/mol. The molecule has 0 spiro atoms. The smallest absolute Gasteiger partial charge is 0.179 e. The minimum atomic E-state index is -0.460. The summed E-state index contributed by atoms with van der Waals surface area (Å²) >= 11 is 0. The molecule has 0 aromatic heterocycles. The SMILES string of the molecule is CC(C)(C)NCC(=O)c1ccccc1F. The summed E-state index contributed by atoms with van der Waals surface area (Å²) in [7, 11) is 0. The Hall–Kier alpha value is -1.22. The Labute approximate surface area is 89.5 Å². The number of hydrogen-bond acceptors (Lipinski definition) is 2. The second-order valence-corrected chi connectivity index (χ2v) is 4.51. The van der Waals surface area contributed by atoms with Crippen LogP contribution in [0.25, 0.3) is 0 Å². The number of carbonyl (C=O) groups is 1. The van der Waals surface area contributed by atoms with Crippen molar-refractivity contribution in [1.82, 2.24) is 5.32 Å². The van der Waals surface area contributed by atoms with Gasteiger partial charge in [0.15, 0.2) is 5.78 Å². The van der Waals surface area contributed by atoms with Crippen molar-refractivity contribution >= 4 is 5.78 Å². The molecule has 82 valence electrons. The quantitative estimate of drug-likeness (QED) is 0.774. The molecule has 0 heterocycles. The van der Waals surface area contributed by atoms with Crippen LogP contribution in [-0.2, 0) is 0 Å². The summed E-state index contributed by atoms with van der Waals surface area (Å²) in [5, 5.41) is 3.03. The Morgan fingerprint density at radius 2 is 1.93 bits per heavy atom. The lowest BCUT2D eigenvalue weighted by atomic mass is 10.1. The van der Waals surface area contributed by atoms with Gasteiger partial charge in [-0.15, -0.1) is 0 Å². The van der Waals surface area contributed by atoms with E-state index < -0.39 is 5.82 Å². The summed E-state index contributed by atoms with van der Waals surface area (Å²) in [4.78, 5) is 11.6. The highest BCUT2D eigenvalue weighted by atomic mass is 19.1. The van der Waals surface area contributed by atoms with E-state index in [2.05, 4.69) is 5.32 Å². The lowest BCUT2D eigenvalue weighted by Gasteiger charge is -2.19. The zero-order chi connectivity index (χ0) is 11.5. The van der Waals surface area contributed by atoms with Crippen LogP contribution in [0.5, 0.6) is 0 Å². The molecule has 0 bridgehead atoms. The molecule has 2 nitrogen and oxygen atoms in total. The minimum absolute atomic E-state index is 0.138. The van der Waals surface area contributed by atoms with Gasteiger partial charge in [0.2, 0.25) is 0 Å². The van der Waals surface area contributed by atoms with E-state index >= 15 is 0 Å². The summed E-state index contributed by atoms with van der Waals surface area (Å²) in [6.45, 7) is 6.04. The lowest BCUT2D eigenvalue weighted by Crippen LogP contribution is -2.39. The molecule has 15 heavy (non-hydrogen) atoms. The van der Waals surface area contributed by atoms with E-state index in [-0.39, 0.29) is 23.4 Å². The number of nitrogens with one attached hydrogen (secondary N) is 1. The monoisotopic (exact) mass is 209 g/mol. The largest absolute Gasteiger partial charge is 0.305 e. The molecule has 0 radical (unpaired) electrons. The molecule has 0 saturated carbocycles. The topological polar surface area (TPSA) is 29.1 Å². The van der Waals surface area contributed by atoms with Gasteiger partial charge in [0, 0.05) is 5.54 Å². The van der Waals surface area contributed by atoms with E-state index in [9.17, 15) is 9.18 Å². The highest BCUT2D eigenvalue weighted by Crippen LogP contribution is 2.07. The van der Waals surface area contributed by atoms with Gasteiger partial charge in [-0.25, -0.2) is 4.39 Å². The van der Waals surface area contributed by atoms with Gasteiger partial charge in [-0.1, -0.05) is 12.1 Å². The van der Waals surface area contributed by atoms with Crippen molar-refractivity contribution in [2.24, 2.45) is 0 Å². The molecule has 1 rings (SSSR count). The van der Waals surface area contributed by atoms with E-state index in [1.54, 1.807) is 12.1 Å². The van der Waals surface area contributed by atoms with Crippen LogP contribution >= 0.6 is 0 Å². The van der Waals surface area contributed by atoms with Gasteiger partial charge in [-0.2, -0.15) is 0 Å². The third-order valence-corrected chi connectivity index (χ3v) is 1.95. The third-order valence-electron chi connectivity index (χ3n) is 1.95. The summed E-state index contributed by atoms with van der Waals surface area (Å²) in [6.07, 6.45) is 0. The van der Waals surface area contributed by atoms with Crippen LogP contribution in [-0.4, -0.2) is 17.9 Å². The van der Waals surface area contributed by atoms with Gasteiger partial charge in [0.25, 0.3) is 0 Å². The van der Waals surface area contributed by atoms with Crippen molar-refractivity contribution in [1.29, 1.82) is 0 Å². The van der Waals surface area contributed by atoms with Crippen LogP contribution in [0.15, 0.2) is 24.3 Å². The molecule has 1 aromatic rings. The highest BCUT2D eigenvalue weighted by Gasteiger charge is 2.14. The van der Waals surface area contributed by atoms with Crippen molar-refractivity contribution in [3.63, 3.8) is 0 Å². The first-order valence-corrected chi connectivity index (χ1v) is 4.93. The van der Waals surface area contributed by atoms with E-state index in [1.807, 2.05) is 20.8 Å². The van der Waals surface area contributed by atoms with Crippen molar-refractivity contribution in [3.8, 4) is 0 Å². The van der Waals surface area contributed by atoms with Gasteiger partial charge in [0.05, 0.1) is 12.1 Å². The van der Waals surface area contributed by atoms with E-state index in [0.29, 0.717) is 0 Å². The fourth-order valence-electron chi connectivity index (χ4n) is 1.13. The number of rotatable bonds is 3. The maximum absolute atomic E-state index is 13.2. The molecule has 0 aliphatic carbocycles. The molecule has 1 aromatic carbocycles. The number of halogens is 1. The molecular weight excluding hydrogens is 193 g/mol. The Balaban J connectivity index is 2.66. The van der Waals surface area contributed by atoms with Crippen molar-refractivity contribution < 1.29 is 9.18 Å². The summed E-state index contributed by atoms with van der Waals surface area (Å²) < 4.78 is 13.2. The summed E-state index contributed by atoms with van der Waals surface area (Å²) in [5.41, 5.74) is 0.00947. The average Bonchev–Trinajstić information content (AvgIpc) is 2.14. The molecule has 0 amide bonds. The van der Waals surface area contributed by atoms with E-state index in [4.69, 9.17) is 0 Å². The molecule has 0 unspecified atom stereocenters. The molecule has 0 aliphatic heterocycles. The number of carbonyl (C=O) groups excluding carboxylic acids is 1. The number of ketones is 1. The number of benzene rings is 1. The Kier molecular flexibility index (Phi) is 3.58. The highest BCUT2D eigenvalue weighted by molar-refractivity contribution is 5.97. The van der Waals surface area contributed by atoms with Crippen LogP contribution in [0.4, 0.5) is 4.39 Å². The first-order valence-electron chi connectivity index (χ1n) is 4.93. The third kappa shape index (κ3) is 3.80. The van der Waals surface area contributed by atoms with Crippen molar-refractivity contribution in [2.75, 3.05) is 6.54 Å². The summed E-state index contributed by atoms with van der Waals surface area (Å²) in [5.74, 6) is -0.679. The van der Waals surface area contributed by atoms with Gasteiger partial charge in [-0.3, -0.25) is 4.79 Å². The predicted octanol–water partition coefficient (Wildman–Crippen LogP) is 2.40. The molecule has 3 heteroatoms. The molecular formula is C12H16FNO. The Morgan fingerprint density at radius 3 is 2.47 bits per heavy atom. The fraction of sp³-hybridized carbons (Fsp3) is 0.417. The zero-order valence-electron chi connectivity index (χ0n) is 9.30. The van der Waals surface area contributed by atoms with Crippen LogP contribution < -0.4 is 5.32 Å². The fourth-order valence-corrected chi connectivity index (χ4v) is 1.13. The molecule has 0 saturated heterocycles. The van der Waals surface area contributed by atoms with Crippen molar-refractivity contribution in [2.45, 2.75) is 26.3 Å². The molecule has 0 aliphatic rings. The van der Waals surface area contributed by atoms with Crippen molar-refractivity contribution in [3.05, 3.63) is 35.6 Å². The van der Waals surface area contributed by atoms with Gasteiger partial charge in [-0.05, 0) is 32.9 Å². The van der Waals surface area contributed by atoms with Gasteiger partial charge < -0.3 is 5.32 Å². The second-order valence-electron chi connectivity index (χ2n) is 4.51. The molecule has 1 N–H and O–H groups in total. The molecule has 0 atom stereocenters.